The number of aliphatic hydroxyl groups excluding tert-OH is 1. The van der Waals surface area contributed by atoms with Gasteiger partial charge < -0.3 is 5.11 Å². The second-order valence-corrected chi connectivity index (χ2v) is 4.88. The van der Waals surface area contributed by atoms with Gasteiger partial charge in [0.05, 0.1) is 0 Å². The summed E-state index contributed by atoms with van der Waals surface area (Å²) in [5.74, 6) is 0. The van der Waals surface area contributed by atoms with E-state index < -0.39 is 0 Å². The minimum Gasteiger partial charge on any atom is -0.396 e. The number of fused-ring (bicyclic) bond motifs is 1. The number of nitrogens with zero attached hydrogens (tertiary/aromatic N) is 3. The summed E-state index contributed by atoms with van der Waals surface area (Å²) in [5, 5.41) is 16.1. The third kappa shape index (κ3) is 2.25. The fraction of sp³-hybridized carbons (Fsp3) is 0.444. The zero-order chi connectivity index (χ0) is 11.5. The molecule has 0 fully saturated rings. The predicted molar refractivity (Wildman–Crippen MR) is 60.6 cm³/mol. The van der Waals surface area contributed by atoms with E-state index in [0.717, 1.165) is 5.03 Å². The van der Waals surface area contributed by atoms with E-state index in [1.807, 2.05) is 6.92 Å². The van der Waals surface area contributed by atoms with E-state index >= 15 is 0 Å². The van der Waals surface area contributed by atoms with Gasteiger partial charge in [0.15, 0.2) is 5.65 Å². The normalized spacial score (nSPS) is 13.1. The maximum Gasteiger partial charge on any atom is 0.348 e. The molecule has 16 heavy (non-hydrogen) atoms. The molecule has 0 aliphatic heterocycles. The minimum absolute atomic E-state index is 0.165. The molecule has 0 saturated carbocycles. The first kappa shape index (κ1) is 11.2. The Bertz CT molecular complexity index is 536. The van der Waals surface area contributed by atoms with Gasteiger partial charge >= 0.3 is 5.69 Å². The van der Waals surface area contributed by atoms with Gasteiger partial charge in [-0.2, -0.15) is 5.10 Å². The summed E-state index contributed by atoms with van der Waals surface area (Å²) in [6, 6.07) is 1.75. The average Bonchev–Trinajstić information content (AvgIpc) is 2.60. The van der Waals surface area contributed by atoms with Crippen LogP contribution in [0.15, 0.2) is 22.2 Å². The molecule has 6 nitrogen and oxygen atoms in total. The van der Waals surface area contributed by atoms with Gasteiger partial charge in [0.1, 0.15) is 11.4 Å². The fourth-order valence-electron chi connectivity index (χ4n) is 1.30. The van der Waals surface area contributed by atoms with E-state index in [2.05, 4.69) is 15.2 Å². The molecule has 1 unspecified atom stereocenters. The Morgan fingerprint density at radius 1 is 1.69 bits per heavy atom. The maximum atomic E-state index is 11.2. The first-order valence-electron chi connectivity index (χ1n) is 4.91. The number of aromatic nitrogens is 4. The van der Waals surface area contributed by atoms with Gasteiger partial charge in [-0.25, -0.2) is 19.3 Å². The van der Waals surface area contributed by atoms with Crippen molar-refractivity contribution in [2.75, 3.05) is 6.61 Å². The van der Waals surface area contributed by atoms with E-state index in [-0.39, 0.29) is 17.5 Å². The van der Waals surface area contributed by atoms with E-state index in [1.54, 1.807) is 17.8 Å². The molecule has 0 aliphatic rings. The Kier molecular flexibility index (Phi) is 3.25. The van der Waals surface area contributed by atoms with Crippen molar-refractivity contribution in [2.45, 2.75) is 23.6 Å². The number of aliphatic hydroxyl groups is 1. The van der Waals surface area contributed by atoms with Crippen LogP contribution >= 0.6 is 11.8 Å². The molecule has 0 bridgehead atoms. The van der Waals surface area contributed by atoms with Crippen LogP contribution in [0.3, 0.4) is 0 Å². The number of hydrogen-bond donors (Lipinski definition) is 2. The van der Waals surface area contributed by atoms with Crippen molar-refractivity contribution < 1.29 is 5.11 Å². The Labute approximate surface area is 95.7 Å². The molecular formula is C9H12N4O2S. The Balaban J connectivity index is 2.23. The highest BCUT2D eigenvalue weighted by Crippen LogP contribution is 2.22. The fourth-order valence-corrected chi connectivity index (χ4v) is 2.22. The van der Waals surface area contributed by atoms with Gasteiger partial charge in [0.25, 0.3) is 0 Å². The molecule has 0 aliphatic carbocycles. The Hall–Kier alpha value is -1.34. The van der Waals surface area contributed by atoms with Crippen LogP contribution in [0.2, 0.25) is 0 Å². The average molecular weight is 240 g/mol. The predicted octanol–water partition coefficient (Wildman–Crippen LogP) is 0.281. The SMILES string of the molecule is CC(CCO)Sc1cc2n[nH]c(=O)n2cn1. The molecule has 7 heteroatoms. The molecular weight excluding hydrogens is 228 g/mol. The number of hydrogen-bond acceptors (Lipinski definition) is 5. The van der Waals surface area contributed by atoms with Crippen molar-refractivity contribution in [3.05, 3.63) is 22.9 Å². The second kappa shape index (κ2) is 4.67. The molecule has 2 aromatic heterocycles. The standard InChI is InChI=1S/C9H12N4O2S/c1-6(2-3-14)16-8-4-7-11-12-9(15)13(7)5-10-8/h4-6,14H,2-3H2,1H3,(H,12,15). The van der Waals surface area contributed by atoms with Crippen molar-refractivity contribution in [2.24, 2.45) is 0 Å². The second-order valence-electron chi connectivity index (χ2n) is 3.42. The lowest BCUT2D eigenvalue weighted by Gasteiger charge is -2.07. The summed E-state index contributed by atoms with van der Waals surface area (Å²) in [7, 11) is 0. The highest BCUT2D eigenvalue weighted by Gasteiger charge is 2.07. The van der Waals surface area contributed by atoms with Gasteiger partial charge in [-0.05, 0) is 6.42 Å². The molecule has 0 spiro atoms. The summed E-state index contributed by atoms with van der Waals surface area (Å²) < 4.78 is 1.35. The van der Waals surface area contributed by atoms with Crippen LogP contribution < -0.4 is 5.69 Å². The largest absolute Gasteiger partial charge is 0.396 e. The van der Waals surface area contributed by atoms with Crippen LogP contribution in [0, 0.1) is 0 Å². The van der Waals surface area contributed by atoms with E-state index in [9.17, 15) is 4.79 Å². The van der Waals surface area contributed by atoms with Gasteiger partial charge in [-0.15, -0.1) is 11.8 Å². The third-order valence-corrected chi connectivity index (χ3v) is 3.25. The van der Waals surface area contributed by atoms with Crippen LogP contribution in [-0.2, 0) is 0 Å². The monoisotopic (exact) mass is 240 g/mol. The topological polar surface area (TPSA) is 83.3 Å². The summed E-state index contributed by atoms with van der Waals surface area (Å²) in [6.45, 7) is 2.18. The number of thioether (sulfide) groups is 1. The van der Waals surface area contributed by atoms with Crippen LogP contribution in [0.25, 0.3) is 5.65 Å². The highest BCUT2D eigenvalue weighted by molar-refractivity contribution is 7.99. The van der Waals surface area contributed by atoms with Crippen LogP contribution in [0.5, 0.6) is 0 Å². The van der Waals surface area contributed by atoms with Crippen LogP contribution in [-0.4, -0.2) is 36.5 Å². The highest BCUT2D eigenvalue weighted by atomic mass is 32.2. The molecule has 2 rings (SSSR count). The molecule has 0 aromatic carbocycles. The molecule has 0 amide bonds. The summed E-state index contributed by atoms with van der Waals surface area (Å²) in [5.41, 5.74) is 0.265. The molecule has 2 aromatic rings. The number of aromatic amines is 1. The lowest BCUT2D eigenvalue weighted by Crippen LogP contribution is -2.09. The van der Waals surface area contributed by atoms with Crippen molar-refractivity contribution in [3.8, 4) is 0 Å². The first-order chi connectivity index (χ1) is 7.70. The van der Waals surface area contributed by atoms with Gasteiger partial charge in [0.2, 0.25) is 0 Å². The van der Waals surface area contributed by atoms with Crippen LogP contribution in [0.1, 0.15) is 13.3 Å². The molecule has 1 atom stereocenters. The number of H-pyrrole nitrogens is 1. The van der Waals surface area contributed by atoms with Gasteiger partial charge in [0, 0.05) is 17.9 Å². The number of nitrogens with one attached hydrogen (secondary N) is 1. The first-order valence-corrected chi connectivity index (χ1v) is 5.79. The van der Waals surface area contributed by atoms with Crippen LogP contribution in [0.4, 0.5) is 0 Å². The zero-order valence-corrected chi connectivity index (χ0v) is 9.57. The summed E-state index contributed by atoms with van der Waals surface area (Å²) >= 11 is 1.55. The van der Waals surface area contributed by atoms with Crippen molar-refractivity contribution in [1.82, 2.24) is 19.6 Å². The van der Waals surface area contributed by atoms with E-state index in [0.29, 0.717) is 12.1 Å². The molecule has 2 heterocycles. The van der Waals surface area contributed by atoms with Crippen molar-refractivity contribution >= 4 is 17.4 Å². The smallest absolute Gasteiger partial charge is 0.348 e. The molecule has 0 saturated heterocycles. The zero-order valence-electron chi connectivity index (χ0n) is 8.75. The molecule has 2 N–H and O–H groups in total. The van der Waals surface area contributed by atoms with Gasteiger partial charge in [-0.3, -0.25) is 0 Å². The number of rotatable bonds is 4. The van der Waals surface area contributed by atoms with E-state index in [4.69, 9.17) is 5.11 Å². The Morgan fingerprint density at radius 3 is 3.25 bits per heavy atom. The summed E-state index contributed by atoms with van der Waals surface area (Å²) in [6.07, 6.45) is 2.17. The lowest BCUT2D eigenvalue weighted by atomic mass is 10.3. The van der Waals surface area contributed by atoms with Crippen molar-refractivity contribution in [1.29, 1.82) is 0 Å². The summed E-state index contributed by atoms with van der Waals surface area (Å²) in [4.78, 5) is 15.3. The molecule has 0 radical (unpaired) electrons. The third-order valence-electron chi connectivity index (χ3n) is 2.14. The van der Waals surface area contributed by atoms with E-state index in [1.165, 1.54) is 10.7 Å². The quantitative estimate of drug-likeness (QED) is 0.592. The van der Waals surface area contributed by atoms with Gasteiger partial charge in [-0.1, -0.05) is 6.92 Å². The lowest BCUT2D eigenvalue weighted by molar-refractivity contribution is 0.289. The van der Waals surface area contributed by atoms with Crippen molar-refractivity contribution in [3.63, 3.8) is 0 Å². The maximum absolute atomic E-state index is 11.2. The Morgan fingerprint density at radius 2 is 2.50 bits per heavy atom. The molecule has 86 valence electrons. The minimum atomic E-state index is -0.289.